The van der Waals surface area contributed by atoms with Crippen LogP contribution in [0.4, 0.5) is 5.69 Å². The summed E-state index contributed by atoms with van der Waals surface area (Å²) in [7, 11) is 0. The van der Waals surface area contributed by atoms with Gasteiger partial charge < -0.3 is 10.6 Å². The second-order valence-electron chi connectivity index (χ2n) is 7.18. The van der Waals surface area contributed by atoms with E-state index in [1.165, 1.54) is 0 Å². The quantitative estimate of drug-likeness (QED) is 0.531. The Labute approximate surface area is 174 Å². The van der Waals surface area contributed by atoms with Gasteiger partial charge in [-0.3, -0.25) is 14.0 Å². The van der Waals surface area contributed by atoms with Gasteiger partial charge in [-0.05, 0) is 48.7 Å². The first kappa shape index (κ1) is 19.4. The number of aryl methyl sites for hydroxylation is 2. The van der Waals surface area contributed by atoms with Crippen molar-refractivity contribution in [2.75, 3.05) is 5.32 Å². The van der Waals surface area contributed by atoms with Gasteiger partial charge in [0.15, 0.2) is 5.69 Å². The maximum absolute atomic E-state index is 13.0. The van der Waals surface area contributed by atoms with Crippen LogP contribution < -0.4 is 10.6 Å². The van der Waals surface area contributed by atoms with Crippen LogP contribution in [0.25, 0.3) is 5.52 Å². The summed E-state index contributed by atoms with van der Waals surface area (Å²) in [6.07, 6.45) is 1.73. The number of nitrogens with zero attached hydrogens (tertiary/aromatic N) is 2. The first-order valence-electron chi connectivity index (χ1n) is 9.71. The van der Waals surface area contributed by atoms with Crippen molar-refractivity contribution in [1.82, 2.24) is 14.7 Å². The summed E-state index contributed by atoms with van der Waals surface area (Å²) in [6.45, 7) is 4.28. The minimum absolute atomic E-state index is 0.174. The fourth-order valence-electron chi connectivity index (χ4n) is 3.27. The van der Waals surface area contributed by atoms with E-state index in [4.69, 9.17) is 0 Å². The molecule has 0 fully saturated rings. The number of aromatic nitrogens is 2. The lowest BCUT2D eigenvalue weighted by molar-refractivity contribution is 0.0940. The molecule has 0 atom stereocenters. The van der Waals surface area contributed by atoms with Crippen LogP contribution in [0.5, 0.6) is 0 Å². The molecule has 4 rings (SSSR count). The van der Waals surface area contributed by atoms with Crippen LogP contribution in [0, 0.1) is 13.8 Å². The van der Waals surface area contributed by atoms with Crippen molar-refractivity contribution in [2.24, 2.45) is 0 Å². The summed E-state index contributed by atoms with van der Waals surface area (Å²) >= 11 is 0. The fourth-order valence-corrected chi connectivity index (χ4v) is 3.27. The highest BCUT2D eigenvalue weighted by Gasteiger charge is 2.21. The van der Waals surface area contributed by atoms with Gasteiger partial charge in [0.05, 0.1) is 5.52 Å². The Hall–Kier alpha value is -3.93. The zero-order valence-electron chi connectivity index (χ0n) is 16.8. The van der Waals surface area contributed by atoms with Gasteiger partial charge in [-0.1, -0.05) is 48.5 Å². The molecule has 0 saturated carbocycles. The van der Waals surface area contributed by atoms with Crippen molar-refractivity contribution < 1.29 is 9.59 Å². The van der Waals surface area contributed by atoms with Gasteiger partial charge in [0.2, 0.25) is 5.82 Å². The van der Waals surface area contributed by atoms with Gasteiger partial charge in [-0.25, -0.2) is 4.98 Å². The number of amides is 2. The molecule has 2 aromatic carbocycles. The third kappa shape index (κ3) is 3.93. The van der Waals surface area contributed by atoms with E-state index in [-0.39, 0.29) is 23.3 Å². The zero-order valence-corrected chi connectivity index (χ0v) is 16.8. The normalized spacial score (nSPS) is 10.7. The number of hydrogen-bond acceptors (Lipinski definition) is 3. The van der Waals surface area contributed by atoms with Crippen LogP contribution in [-0.2, 0) is 6.54 Å². The standard InChI is InChI=1S/C24H22N4O2/c1-16-11-12-17(2)19(14-16)26-23(29)21-20-10-6-7-13-28(20)22(27-21)24(30)25-15-18-8-4-3-5-9-18/h3-14H,15H2,1-2H3,(H,25,30)(H,26,29). The SMILES string of the molecule is Cc1ccc(C)c(NC(=O)c2nc(C(=O)NCc3ccccc3)n3ccccc23)c1. The molecule has 2 heterocycles. The molecule has 0 saturated heterocycles. The molecule has 0 aliphatic carbocycles. The van der Waals surface area contributed by atoms with Crippen molar-refractivity contribution in [2.45, 2.75) is 20.4 Å². The molecule has 0 spiro atoms. The van der Waals surface area contributed by atoms with E-state index in [1.54, 1.807) is 22.7 Å². The number of rotatable bonds is 5. The molecule has 30 heavy (non-hydrogen) atoms. The van der Waals surface area contributed by atoms with E-state index < -0.39 is 0 Å². The van der Waals surface area contributed by atoms with Gasteiger partial charge in [0.1, 0.15) is 0 Å². The van der Waals surface area contributed by atoms with Gasteiger partial charge in [-0.2, -0.15) is 0 Å². The van der Waals surface area contributed by atoms with Crippen LogP contribution >= 0.6 is 0 Å². The molecule has 0 unspecified atom stereocenters. The highest BCUT2D eigenvalue weighted by Crippen LogP contribution is 2.19. The minimum Gasteiger partial charge on any atom is -0.345 e. The van der Waals surface area contributed by atoms with E-state index in [0.29, 0.717) is 12.1 Å². The Morgan fingerprint density at radius 1 is 0.933 bits per heavy atom. The first-order chi connectivity index (χ1) is 14.5. The largest absolute Gasteiger partial charge is 0.345 e. The maximum atomic E-state index is 13.0. The van der Waals surface area contributed by atoms with E-state index in [2.05, 4.69) is 15.6 Å². The molecule has 6 heteroatoms. The van der Waals surface area contributed by atoms with Crippen LogP contribution in [0.15, 0.2) is 72.9 Å². The van der Waals surface area contributed by atoms with Crippen molar-refractivity contribution >= 4 is 23.0 Å². The molecule has 0 radical (unpaired) electrons. The van der Waals surface area contributed by atoms with E-state index in [0.717, 1.165) is 22.4 Å². The number of anilines is 1. The summed E-state index contributed by atoms with van der Waals surface area (Å²) in [6, 6.07) is 20.9. The molecular weight excluding hydrogens is 376 g/mol. The van der Waals surface area contributed by atoms with Crippen molar-refractivity contribution in [3.8, 4) is 0 Å². The lowest BCUT2D eigenvalue weighted by atomic mass is 10.1. The second kappa shape index (κ2) is 8.21. The Kier molecular flexibility index (Phi) is 5.30. The van der Waals surface area contributed by atoms with Crippen LogP contribution in [0.1, 0.15) is 37.8 Å². The topological polar surface area (TPSA) is 75.5 Å². The number of carbonyl (C=O) groups is 2. The molecule has 0 aliphatic rings. The molecule has 0 aliphatic heterocycles. The van der Waals surface area contributed by atoms with Crippen molar-refractivity contribution in [1.29, 1.82) is 0 Å². The smallest absolute Gasteiger partial charge is 0.287 e. The van der Waals surface area contributed by atoms with Gasteiger partial charge in [0.25, 0.3) is 11.8 Å². The molecular formula is C24H22N4O2. The van der Waals surface area contributed by atoms with Crippen LogP contribution in [-0.4, -0.2) is 21.2 Å². The first-order valence-corrected chi connectivity index (χ1v) is 9.71. The number of hydrogen-bond donors (Lipinski definition) is 2. The fraction of sp³-hybridized carbons (Fsp3) is 0.125. The van der Waals surface area contributed by atoms with Crippen molar-refractivity contribution in [3.63, 3.8) is 0 Å². The number of nitrogens with one attached hydrogen (secondary N) is 2. The van der Waals surface area contributed by atoms with Gasteiger partial charge in [-0.15, -0.1) is 0 Å². The molecule has 150 valence electrons. The third-order valence-electron chi connectivity index (χ3n) is 4.90. The Bertz CT molecular complexity index is 1230. The lowest BCUT2D eigenvalue weighted by Gasteiger charge is -2.08. The summed E-state index contributed by atoms with van der Waals surface area (Å²) in [5.74, 6) is -0.520. The molecule has 2 amide bonds. The van der Waals surface area contributed by atoms with Crippen LogP contribution in [0.3, 0.4) is 0 Å². The van der Waals surface area contributed by atoms with Crippen molar-refractivity contribution in [3.05, 3.63) is 101 Å². The summed E-state index contributed by atoms with van der Waals surface area (Å²) < 4.78 is 1.64. The Balaban J connectivity index is 1.62. The lowest BCUT2D eigenvalue weighted by Crippen LogP contribution is -2.25. The predicted molar refractivity (Wildman–Crippen MR) is 117 cm³/mol. The van der Waals surface area contributed by atoms with Crippen LogP contribution in [0.2, 0.25) is 0 Å². The highest BCUT2D eigenvalue weighted by molar-refractivity contribution is 6.09. The molecule has 6 nitrogen and oxygen atoms in total. The molecule has 2 N–H and O–H groups in total. The van der Waals surface area contributed by atoms with E-state index in [9.17, 15) is 9.59 Å². The number of imidazole rings is 1. The monoisotopic (exact) mass is 398 g/mol. The average Bonchev–Trinajstić information content (AvgIpc) is 3.15. The predicted octanol–water partition coefficient (Wildman–Crippen LogP) is 4.13. The van der Waals surface area contributed by atoms with E-state index >= 15 is 0 Å². The third-order valence-corrected chi connectivity index (χ3v) is 4.90. The summed E-state index contributed by atoms with van der Waals surface area (Å²) in [4.78, 5) is 30.2. The van der Waals surface area contributed by atoms with Gasteiger partial charge in [0, 0.05) is 18.4 Å². The number of fused-ring (bicyclic) bond motifs is 1. The average molecular weight is 398 g/mol. The number of pyridine rings is 1. The molecule has 0 bridgehead atoms. The number of benzene rings is 2. The van der Waals surface area contributed by atoms with Gasteiger partial charge >= 0.3 is 0 Å². The Morgan fingerprint density at radius 3 is 2.50 bits per heavy atom. The maximum Gasteiger partial charge on any atom is 0.287 e. The molecule has 4 aromatic rings. The Morgan fingerprint density at radius 2 is 1.70 bits per heavy atom. The molecule has 2 aromatic heterocycles. The van der Waals surface area contributed by atoms with E-state index in [1.807, 2.05) is 68.4 Å². The summed E-state index contributed by atoms with van der Waals surface area (Å²) in [5.41, 5.74) is 4.50. The zero-order chi connectivity index (χ0) is 21.1. The number of carbonyl (C=O) groups excluding carboxylic acids is 2. The minimum atomic E-state index is -0.352. The highest BCUT2D eigenvalue weighted by atomic mass is 16.2. The second-order valence-corrected chi connectivity index (χ2v) is 7.18. The summed E-state index contributed by atoms with van der Waals surface area (Å²) in [5, 5.41) is 5.80.